The van der Waals surface area contributed by atoms with Crippen LogP contribution in [0, 0.1) is 17.0 Å². The number of carbonyl (C=O) groups is 1. The number of hydrogen-bond donors (Lipinski definition) is 1. The molecule has 0 saturated carbocycles. The number of thiophene rings is 1. The first kappa shape index (κ1) is 26.1. The van der Waals surface area contributed by atoms with Crippen LogP contribution in [-0.2, 0) is 17.6 Å². The number of halogens is 1. The second-order valence-electron chi connectivity index (χ2n) is 8.81. The Hall–Kier alpha value is -3.54. The SMILES string of the molecule is Cc1ccc(-n2c(SCC(=O)N/N=C\c3ccc(Cl)c([N+](=O)[O-])c3)nc3sc4c(c3c2=O)CCCC4)cc1. The number of carbonyl (C=O) groups excluding carboxylic acids is 1. The lowest BCUT2D eigenvalue weighted by Gasteiger charge is -2.13. The van der Waals surface area contributed by atoms with E-state index in [1.807, 2.05) is 31.2 Å². The summed E-state index contributed by atoms with van der Waals surface area (Å²) in [6.45, 7) is 1.98. The Bertz CT molecular complexity index is 1650. The zero-order valence-corrected chi connectivity index (χ0v) is 22.7. The van der Waals surface area contributed by atoms with Gasteiger partial charge in [-0.15, -0.1) is 11.3 Å². The van der Waals surface area contributed by atoms with E-state index >= 15 is 0 Å². The average Bonchev–Trinajstić information content (AvgIpc) is 3.28. The number of hydrogen-bond acceptors (Lipinski definition) is 8. The molecule has 0 bridgehead atoms. The lowest BCUT2D eigenvalue weighted by molar-refractivity contribution is -0.384. The lowest BCUT2D eigenvalue weighted by Crippen LogP contribution is -2.24. The molecule has 38 heavy (non-hydrogen) atoms. The third-order valence-corrected chi connectivity index (χ3v) is 8.60. The highest BCUT2D eigenvalue weighted by atomic mass is 35.5. The van der Waals surface area contributed by atoms with Gasteiger partial charge in [0.15, 0.2) is 5.16 Å². The van der Waals surface area contributed by atoms with Crippen LogP contribution in [0.15, 0.2) is 57.5 Å². The Kier molecular flexibility index (Phi) is 7.59. The Morgan fingerprint density at radius 2 is 2.03 bits per heavy atom. The van der Waals surface area contributed by atoms with Crippen molar-refractivity contribution in [1.29, 1.82) is 0 Å². The predicted molar refractivity (Wildman–Crippen MR) is 151 cm³/mol. The van der Waals surface area contributed by atoms with E-state index in [1.54, 1.807) is 22.0 Å². The molecule has 0 fully saturated rings. The summed E-state index contributed by atoms with van der Waals surface area (Å²) in [6.07, 6.45) is 5.30. The fourth-order valence-electron chi connectivity index (χ4n) is 4.30. The van der Waals surface area contributed by atoms with Crippen molar-refractivity contribution in [2.75, 3.05) is 5.75 Å². The molecule has 2 heterocycles. The maximum Gasteiger partial charge on any atom is 0.288 e. The largest absolute Gasteiger partial charge is 0.288 e. The molecule has 2 aromatic heterocycles. The number of nitro groups is 1. The molecule has 0 saturated heterocycles. The molecule has 5 rings (SSSR count). The molecular formula is C26H22ClN5O4S2. The summed E-state index contributed by atoms with van der Waals surface area (Å²) in [5, 5.41) is 16.1. The van der Waals surface area contributed by atoms with Gasteiger partial charge in [0.2, 0.25) is 0 Å². The van der Waals surface area contributed by atoms with Crippen LogP contribution in [0.4, 0.5) is 5.69 Å². The van der Waals surface area contributed by atoms with Crippen LogP contribution in [0.3, 0.4) is 0 Å². The van der Waals surface area contributed by atoms with Crippen molar-refractivity contribution in [2.24, 2.45) is 5.10 Å². The van der Waals surface area contributed by atoms with E-state index in [4.69, 9.17) is 16.6 Å². The normalized spacial score (nSPS) is 13.1. The van der Waals surface area contributed by atoms with Crippen molar-refractivity contribution in [1.82, 2.24) is 15.0 Å². The van der Waals surface area contributed by atoms with Crippen LogP contribution in [0.2, 0.25) is 5.02 Å². The van der Waals surface area contributed by atoms with Gasteiger partial charge in [-0.25, -0.2) is 10.4 Å². The summed E-state index contributed by atoms with van der Waals surface area (Å²) in [7, 11) is 0. The first-order valence-electron chi connectivity index (χ1n) is 11.8. The van der Waals surface area contributed by atoms with E-state index in [2.05, 4.69) is 10.5 Å². The topological polar surface area (TPSA) is 119 Å². The zero-order chi connectivity index (χ0) is 26.8. The Labute approximate surface area is 230 Å². The summed E-state index contributed by atoms with van der Waals surface area (Å²) < 4.78 is 1.58. The van der Waals surface area contributed by atoms with Gasteiger partial charge >= 0.3 is 0 Å². The highest BCUT2D eigenvalue weighted by Gasteiger charge is 2.23. The number of hydrazone groups is 1. The number of nitro benzene ring substituents is 1. The number of nitrogens with one attached hydrogen (secondary N) is 1. The minimum Gasteiger partial charge on any atom is -0.272 e. The predicted octanol–water partition coefficient (Wildman–Crippen LogP) is 5.44. The fourth-order valence-corrected chi connectivity index (χ4v) is 6.59. The van der Waals surface area contributed by atoms with Crippen molar-refractivity contribution in [3.8, 4) is 5.69 Å². The second kappa shape index (κ2) is 11.1. The molecule has 12 heteroatoms. The van der Waals surface area contributed by atoms with Gasteiger partial charge in [-0.2, -0.15) is 5.10 Å². The van der Waals surface area contributed by atoms with Crippen LogP contribution >= 0.6 is 34.7 Å². The standard InChI is InChI=1S/C26H22ClN5O4S2/c1-15-6-9-17(10-7-15)31-25(34)23-18-4-2-3-5-21(18)38-24(23)29-26(31)37-14-22(33)30-28-13-16-8-11-19(27)20(12-16)32(35)36/h6-13H,2-5,14H2,1H3,(H,30,33)/b28-13-. The summed E-state index contributed by atoms with van der Waals surface area (Å²) in [5.41, 5.74) is 5.33. The Balaban J connectivity index is 1.39. The molecule has 0 atom stereocenters. The van der Waals surface area contributed by atoms with E-state index in [9.17, 15) is 19.7 Å². The monoisotopic (exact) mass is 567 g/mol. The van der Waals surface area contributed by atoms with Crippen molar-refractivity contribution in [3.05, 3.63) is 89.5 Å². The van der Waals surface area contributed by atoms with Crippen molar-refractivity contribution in [3.63, 3.8) is 0 Å². The maximum absolute atomic E-state index is 13.8. The van der Waals surface area contributed by atoms with Gasteiger partial charge in [-0.05, 0) is 56.4 Å². The number of fused-ring (bicyclic) bond motifs is 3. The number of benzene rings is 2. The van der Waals surface area contributed by atoms with Crippen LogP contribution in [0.1, 0.15) is 34.4 Å². The van der Waals surface area contributed by atoms with Crippen molar-refractivity contribution < 1.29 is 9.72 Å². The molecule has 1 aliphatic rings. The molecule has 0 aliphatic heterocycles. The highest BCUT2D eigenvalue weighted by Crippen LogP contribution is 2.35. The molecule has 1 aliphatic carbocycles. The number of nitrogens with zero attached hydrogens (tertiary/aromatic N) is 4. The summed E-state index contributed by atoms with van der Waals surface area (Å²) in [5.74, 6) is -0.447. The fraction of sp³-hybridized carbons (Fsp3) is 0.231. The van der Waals surface area contributed by atoms with Crippen LogP contribution in [-0.4, -0.2) is 32.3 Å². The van der Waals surface area contributed by atoms with Gasteiger partial charge in [-0.1, -0.05) is 47.1 Å². The lowest BCUT2D eigenvalue weighted by atomic mass is 9.97. The first-order valence-corrected chi connectivity index (χ1v) is 14.0. The first-order chi connectivity index (χ1) is 18.3. The molecule has 9 nitrogen and oxygen atoms in total. The van der Waals surface area contributed by atoms with Crippen LogP contribution in [0.25, 0.3) is 15.9 Å². The Morgan fingerprint density at radius 1 is 1.26 bits per heavy atom. The van der Waals surface area contributed by atoms with Gasteiger partial charge in [-0.3, -0.25) is 24.3 Å². The quantitative estimate of drug-likeness (QED) is 0.104. The maximum atomic E-state index is 13.8. The third kappa shape index (κ3) is 5.35. The van der Waals surface area contributed by atoms with Gasteiger partial charge in [0.25, 0.3) is 17.2 Å². The van der Waals surface area contributed by atoms with Gasteiger partial charge in [0.05, 0.1) is 28.0 Å². The molecule has 0 radical (unpaired) electrons. The summed E-state index contributed by atoms with van der Waals surface area (Å²) in [6, 6.07) is 11.9. The van der Waals surface area contributed by atoms with Crippen LogP contribution in [0.5, 0.6) is 0 Å². The Morgan fingerprint density at radius 3 is 2.79 bits per heavy atom. The highest BCUT2D eigenvalue weighted by molar-refractivity contribution is 7.99. The third-order valence-electron chi connectivity index (χ3n) is 6.15. The summed E-state index contributed by atoms with van der Waals surface area (Å²) in [4.78, 5) is 43.6. The van der Waals surface area contributed by atoms with Crippen LogP contribution < -0.4 is 11.0 Å². The van der Waals surface area contributed by atoms with Gasteiger partial charge in [0, 0.05) is 16.5 Å². The van der Waals surface area contributed by atoms with E-state index in [-0.39, 0.29) is 22.0 Å². The number of aromatic nitrogens is 2. The minimum absolute atomic E-state index is 0.0169. The van der Waals surface area contributed by atoms with Crippen molar-refractivity contribution >= 4 is 62.7 Å². The zero-order valence-electron chi connectivity index (χ0n) is 20.3. The number of thioether (sulfide) groups is 1. The van der Waals surface area contributed by atoms with Gasteiger partial charge in [0.1, 0.15) is 9.85 Å². The number of amides is 1. The number of rotatable bonds is 7. The molecule has 2 aromatic carbocycles. The van der Waals surface area contributed by atoms with E-state index in [0.29, 0.717) is 26.6 Å². The molecule has 0 spiro atoms. The second-order valence-corrected chi connectivity index (χ2v) is 11.2. The average molecular weight is 568 g/mol. The van der Waals surface area contributed by atoms with E-state index in [1.165, 1.54) is 23.2 Å². The van der Waals surface area contributed by atoms with Crippen molar-refractivity contribution in [2.45, 2.75) is 37.8 Å². The minimum atomic E-state index is -0.587. The molecule has 1 N–H and O–H groups in total. The smallest absolute Gasteiger partial charge is 0.272 e. The molecule has 1 amide bonds. The molecule has 0 unspecified atom stereocenters. The molecule has 194 valence electrons. The molecule has 4 aromatic rings. The van der Waals surface area contributed by atoms with E-state index < -0.39 is 10.8 Å². The molecular weight excluding hydrogens is 546 g/mol. The number of aryl methyl sites for hydroxylation is 3. The van der Waals surface area contributed by atoms with Gasteiger partial charge < -0.3 is 0 Å². The summed E-state index contributed by atoms with van der Waals surface area (Å²) >= 11 is 8.54. The van der Waals surface area contributed by atoms with E-state index in [0.717, 1.165) is 48.6 Å².